The van der Waals surface area contributed by atoms with Gasteiger partial charge in [0.05, 0.1) is 0 Å². The molecule has 2 heteroatoms. The number of hydrogen-bond acceptors (Lipinski definition) is 2. The van der Waals surface area contributed by atoms with Gasteiger partial charge in [-0.05, 0) is 12.1 Å². The zero-order valence-corrected chi connectivity index (χ0v) is 4.13. The zero-order valence-electron chi connectivity index (χ0n) is 4.13. The maximum absolute atomic E-state index is 8.19. The fourth-order valence-corrected chi connectivity index (χ4v) is 0.386. The van der Waals surface area contributed by atoms with Crippen molar-refractivity contribution in [3.63, 3.8) is 0 Å². The molecular weight excluding hydrogens is 100 g/mol. The minimum absolute atomic E-state index is 0.340. The summed E-state index contributed by atoms with van der Waals surface area (Å²) in [5.41, 5.74) is 0.340. The van der Waals surface area contributed by atoms with Crippen LogP contribution >= 0.6 is 0 Å². The second-order valence-electron chi connectivity index (χ2n) is 1.24. The first-order valence-corrected chi connectivity index (χ1v) is 2.16. The Labute approximate surface area is 47.4 Å². The predicted octanol–water partition coefficient (Wildman–Crippen LogP) is 0.753. The largest absolute Gasteiger partial charge is 0.245 e. The van der Waals surface area contributed by atoms with E-state index in [1.807, 2.05) is 6.07 Å². The van der Waals surface area contributed by atoms with E-state index in [0.717, 1.165) is 0 Å². The molecule has 37 valence electrons. The summed E-state index contributed by atoms with van der Waals surface area (Å²) in [7, 11) is 0. The van der Waals surface area contributed by atoms with Crippen molar-refractivity contribution in [2.45, 2.75) is 0 Å². The van der Waals surface area contributed by atoms with Crippen LogP contribution in [-0.4, -0.2) is 4.98 Å². The van der Waals surface area contributed by atoms with Gasteiger partial charge in [0.1, 0.15) is 11.8 Å². The van der Waals surface area contributed by atoms with Crippen LogP contribution in [0.2, 0.25) is 0 Å². The van der Waals surface area contributed by atoms with Gasteiger partial charge in [-0.25, -0.2) is 4.98 Å². The summed E-state index contributed by atoms with van der Waals surface area (Å²) >= 11 is 0. The van der Waals surface area contributed by atoms with Gasteiger partial charge < -0.3 is 0 Å². The van der Waals surface area contributed by atoms with Crippen molar-refractivity contribution in [1.82, 2.24) is 4.98 Å². The van der Waals surface area contributed by atoms with Crippen molar-refractivity contribution in [3.05, 3.63) is 30.1 Å². The molecule has 1 heterocycles. The van der Waals surface area contributed by atoms with E-state index in [1.165, 1.54) is 0 Å². The van der Waals surface area contributed by atoms with E-state index < -0.39 is 0 Å². The summed E-state index contributed by atoms with van der Waals surface area (Å²) in [6.07, 6.45) is 1.56. The van der Waals surface area contributed by atoms with Crippen LogP contribution in [-0.2, 0) is 0 Å². The summed E-state index contributed by atoms with van der Waals surface area (Å²) in [6.45, 7) is 0. The number of nitrogens with zero attached hydrogens (tertiary/aromatic N) is 2. The van der Waals surface area contributed by atoms with Gasteiger partial charge in [-0.3, -0.25) is 0 Å². The lowest BCUT2D eigenvalue weighted by Gasteiger charge is -1.78. The normalized spacial score (nSPS) is 7.88. The number of pyridine rings is 1. The minimum Gasteiger partial charge on any atom is -0.245 e. The topological polar surface area (TPSA) is 36.7 Å². The van der Waals surface area contributed by atoms with Crippen LogP contribution in [0, 0.1) is 17.4 Å². The van der Waals surface area contributed by atoms with Crippen LogP contribution < -0.4 is 0 Å². The molecule has 1 rings (SSSR count). The summed E-state index contributed by atoms with van der Waals surface area (Å²) < 4.78 is 0. The van der Waals surface area contributed by atoms with Gasteiger partial charge in [-0.15, -0.1) is 0 Å². The van der Waals surface area contributed by atoms with E-state index in [-0.39, 0.29) is 0 Å². The van der Waals surface area contributed by atoms with Gasteiger partial charge in [0.2, 0.25) is 0 Å². The maximum atomic E-state index is 8.19. The number of nitriles is 1. The Hall–Kier alpha value is -1.36. The molecule has 8 heavy (non-hydrogen) atoms. The molecule has 1 radical (unpaired) electrons. The Morgan fingerprint density at radius 1 is 1.75 bits per heavy atom. The van der Waals surface area contributed by atoms with E-state index in [9.17, 15) is 0 Å². The minimum atomic E-state index is 0.340. The second kappa shape index (κ2) is 2.08. The quantitative estimate of drug-likeness (QED) is 0.486. The Bertz CT molecular complexity index is 198. The molecule has 0 saturated carbocycles. The van der Waals surface area contributed by atoms with E-state index >= 15 is 0 Å². The first-order chi connectivity index (χ1) is 3.93. The molecule has 0 N–H and O–H groups in total. The fraction of sp³-hybridized carbons (Fsp3) is 0. The molecule has 0 spiro atoms. The Kier molecular flexibility index (Phi) is 1.25. The monoisotopic (exact) mass is 103 g/mol. The van der Waals surface area contributed by atoms with E-state index in [1.54, 1.807) is 18.3 Å². The van der Waals surface area contributed by atoms with E-state index in [4.69, 9.17) is 5.26 Å². The zero-order chi connectivity index (χ0) is 5.82. The summed E-state index contributed by atoms with van der Waals surface area (Å²) in [5, 5.41) is 8.19. The van der Waals surface area contributed by atoms with Gasteiger partial charge in [-0.1, -0.05) is 0 Å². The van der Waals surface area contributed by atoms with Gasteiger partial charge in [0, 0.05) is 12.3 Å². The molecule has 0 unspecified atom stereocenters. The molecule has 0 bridgehead atoms. The highest BCUT2D eigenvalue weighted by Crippen LogP contribution is 1.85. The van der Waals surface area contributed by atoms with Crippen LogP contribution in [0.3, 0.4) is 0 Å². The predicted molar refractivity (Wildman–Crippen MR) is 27.8 cm³/mol. The summed E-state index contributed by atoms with van der Waals surface area (Å²) in [5.74, 6) is 0. The highest BCUT2D eigenvalue weighted by Gasteiger charge is 1.82. The van der Waals surface area contributed by atoms with Crippen LogP contribution in [0.1, 0.15) is 5.69 Å². The lowest BCUT2D eigenvalue weighted by atomic mass is 10.4. The lowest BCUT2D eigenvalue weighted by molar-refractivity contribution is 1.26. The molecule has 0 atom stereocenters. The van der Waals surface area contributed by atoms with Crippen molar-refractivity contribution in [3.8, 4) is 6.07 Å². The third-order valence-corrected chi connectivity index (χ3v) is 0.712. The highest BCUT2D eigenvalue weighted by molar-refractivity contribution is 5.16. The van der Waals surface area contributed by atoms with Crippen molar-refractivity contribution in [1.29, 1.82) is 5.26 Å². The highest BCUT2D eigenvalue weighted by atomic mass is 14.7. The second-order valence-corrected chi connectivity index (χ2v) is 1.24. The average molecular weight is 103 g/mol. The smallest absolute Gasteiger partial charge is 0.148 e. The van der Waals surface area contributed by atoms with Crippen molar-refractivity contribution in [2.75, 3.05) is 0 Å². The average Bonchev–Trinajstić information content (AvgIpc) is 1.90. The van der Waals surface area contributed by atoms with Crippen molar-refractivity contribution in [2.24, 2.45) is 0 Å². The molecule has 0 aliphatic carbocycles. The van der Waals surface area contributed by atoms with Crippen LogP contribution in [0.5, 0.6) is 0 Å². The first kappa shape index (κ1) is 4.79. The molecule has 0 aliphatic heterocycles. The number of hydrogen-bond donors (Lipinski definition) is 0. The Morgan fingerprint density at radius 2 is 2.62 bits per heavy atom. The van der Waals surface area contributed by atoms with Crippen LogP contribution in [0.4, 0.5) is 0 Å². The molecule has 1 aromatic heterocycles. The molecule has 0 aromatic carbocycles. The van der Waals surface area contributed by atoms with Crippen molar-refractivity contribution >= 4 is 0 Å². The molecule has 1 aromatic rings. The van der Waals surface area contributed by atoms with E-state index in [0.29, 0.717) is 5.69 Å². The molecule has 0 saturated heterocycles. The number of rotatable bonds is 0. The molecule has 0 amide bonds. The Balaban J connectivity index is 3.05. The standard InChI is InChI=1S/C6H3N2/c7-5-6-3-1-2-4-8-6/h1-2,4H. The lowest BCUT2D eigenvalue weighted by Crippen LogP contribution is -1.76. The van der Waals surface area contributed by atoms with E-state index in [2.05, 4.69) is 11.1 Å². The molecular formula is C6H3N2. The maximum Gasteiger partial charge on any atom is 0.148 e. The number of aromatic nitrogens is 1. The van der Waals surface area contributed by atoms with Gasteiger partial charge in [0.25, 0.3) is 0 Å². The molecule has 0 fully saturated rings. The van der Waals surface area contributed by atoms with Gasteiger partial charge >= 0.3 is 0 Å². The molecule has 0 aliphatic rings. The van der Waals surface area contributed by atoms with Crippen molar-refractivity contribution < 1.29 is 0 Å². The first-order valence-electron chi connectivity index (χ1n) is 2.16. The van der Waals surface area contributed by atoms with Crippen LogP contribution in [0.25, 0.3) is 0 Å². The molecule has 2 nitrogen and oxygen atoms in total. The van der Waals surface area contributed by atoms with Crippen LogP contribution in [0.15, 0.2) is 18.3 Å². The summed E-state index contributed by atoms with van der Waals surface area (Å²) in [4.78, 5) is 3.68. The van der Waals surface area contributed by atoms with Gasteiger partial charge in [-0.2, -0.15) is 5.26 Å². The SMILES string of the molecule is N#Cc1[c]cccn1. The third-order valence-electron chi connectivity index (χ3n) is 0.712. The summed E-state index contributed by atoms with van der Waals surface area (Å²) in [6, 6.07) is 7.89. The van der Waals surface area contributed by atoms with Gasteiger partial charge in [0.15, 0.2) is 0 Å². The Morgan fingerprint density at radius 3 is 3.00 bits per heavy atom. The fourth-order valence-electron chi connectivity index (χ4n) is 0.386. The third kappa shape index (κ3) is 0.824.